The van der Waals surface area contributed by atoms with E-state index in [4.69, 9.17) is 4.74 Å². The lowest BCUT2D eigenvalue weighted by Gasteiger charge is -2.28. The van der Waals surface area contributed by atoms with Gasteiger partial charge in [-0.3, -0.25) is 0 Å². The van der Waals surface area contributed by atoms with Crippen LogP contribution in [0.1, 0.15) is 46.5 Å². The molecular formula is C13H27NO2. The minimum absolute atomic E-state index is 0.0722. The number of aliphatic hydroxyl groups excluding tert-OH is 1. The number of likely N-dealkylation sites (N-methyl/N-ethyl adjacent to an activating group) is 1. The Hall–Kier alpha value is -0.120. The Morgan fingerprint density at radius 1 is 1.50 bits per heavy atom. The molecule has 3 heteroatoms. The number of rotatable bonds is 7. The van der Waals surface area contributed by atoms with E-state index < -0.39 is 0 Å². The van der Waals surface area contributed by atoms with E-state index in [-0.39, 0.29) is 12.1 Å². The van der Waals surface area contributed by atoms with Crippen molar-refractivity contribution in [2.45, 2.75) is 58.1 Å². The molecule has 1 saturated carbocycles. The lowest BCUT2D eigenvalue weighted by molar-refractivity contribution is 0.0410. The van der Waals surface area contributed by atoms with Gasteiger partial charge < -0.3 is 15.2 Å². The Morgan fingerprint density at radius 2 is 2.25 bits per heavy atom. The van der Waals surface area contributed by atoms with Gasteiger partial charge in [0.2, 0.25) is 0 Å². The predicted molar refractivity (Wildman–Crippen MR) is 66.5 cm³/mol. The molecule has 0 heterocycles. The van der Waals surface area contributed by atoms with Crippen LogP contribution in [0.5, 0.6) is 0 Å². The number of hydrogen-bond donors (Lipinski definition) is 2. The van der Waals surface area contributed by atoms with E-state index >= 15 is 0 Å². The summed E-state index contributed by atoms with van der Waals surface area (Å²) in [6, 6.07) is 0. The van der Waals surface area contributed by atoms with Crippen molar-refractivity contribution >= 4 is 0 Å². The molecule has 1 aliphatic carbocycles. The van der Waals surface area contributed by atoms with Crippen LogP contribution in [-0.4, -0.2) is 36.5 Å². The third-order valence-corrected chi connectivity index (χ3v) is 3.47. The van der Waals surface area contributed by atoms with Crippen LogP contribution in [0.2, 0.25) is 0 Å². The average molecular weight is 229 g/mol. The highest BCUT2D eigenvalue weighted by atomic mass is 16.5. The molecule has 0 saturated heterocycles. The molecule has 0 aromatic rings. The zero-order valence-corrected chi connectivity index (χ0v) is 11.0. The molecule has 2 N–H and O–H groups in total. The molecule has 0 aromatic heterocycles. The maximum atomic E-state index is 9.46. The standard InChI is InChI=1S/C13H27NO2/c1-4-14-13(10-15)7-5-12(9-13)16-8-6-11(2)3/h11-12,14-15H,4-10H2,1-3H3. The Balaban J connectivity index is 2.27. The second kappa shape index (κ2) is 6.58. The first-order valence-corrected chi connectivity index (χ1v) is 6.59. The van der Waals surface area contributed by atoms with Crippen LogP contribution in [0, 0.1) is 5.92 Å². The fourth-order valence-electron chi connectivity index (χ4n) is 2.42. The van der Waals surface area contributed by atoms with E-state index in [1.165, 1.54) is 0 Å². The van der Waals surface area contributed by atoms with Crippen molar-refractivity contribution in [1.82, 2.24) is 5.32 Å². The predicted octanol–water partition coefficient (Wildman–Crippen LogP) is 1.94. The maximum Gasteiger partial charge on any atom is 0.0614 e. The van der Waals surface area contributed by atoms with Crippen molar-refractivity contribution in [3.05, 3.63) is 0 Å². The molecule has 0 aromatic carbocycles. The zero-order chi connectivity index (χ0) is 12.0. The quantitative estimate of drug-likeness (QED) is 0.701. The molecule has 0 spiro atoms. The molecule has 3 nitrogen and oxygen atoms in total. The first-order valence-electron chi connectivity index (χ1n) is 6.59. The molecule has 0 bridgehead atoms. The van der Waals surface area contributed by atoms with Gasteiger partial charge in [-0.1, -0.05) is 20.8 Å². The van der Waals surface area contributed by atoms with Gasteiger partial charge in [0.05, 0.1) is 12.7 Å². The summed E-state index contributed by atoms with van der Waals surface area (Å²) in [5, 5.41) is 12.9. The molecule has 0 amide bonds. The third kappa shape index (κ3) is 4.04. The number of nitrogens with one attached hydrogen (secondary N) is 1. The van der Waals surface area contributed by atoms with Crippen LogP contribution >= 0.6 is 0 Å². The van der Waals surface area contributed by atoms with Crippen molar-refractivity contribution in [3.8, 4) is 0 Å². The maximum absolute atomic E-state index is 9.46. The summed E-state index contributed by atoms with van der Waals surface area (Å²) in [4.78, 5) is 0. The Kier molecular flexibility index (Phi) is 5.73. The summed E-state index contributed by atoms with van der Waals surface area (Å²) in [5.41, 5.74) is -0.0722. The highest BCUT2D eigenvalue weighted by molar-refractivity contribution is 4.96. The van der Waals surface area contributed by atoms with Crippen molar-refractivity contribution in [1.29, 1.82) is 0 Å². The summed E-state index contributed by atoms with van der Waals surface area (Å²) in [7, 11) is 0. The molecule has 1 fully saturated rings. The second-order valence-electron chi connectivity index (χ2n) is 5.39. The van der Waals surface area contributed by atoms with E-state index in [9.17, 15) is 5.11 Å². The minimum Gasteiger partial charge on any atom is -0.394 e. The molecule has 2 unspecified atom stereocenters. The molecule has 1 rings (SSSR count). The van der Waals surface area contributed by atoms with Crippen LogP contribution in [0.4, 0.5) is 0 Å². The lowest BCUT2D eigenvalue weighted by atomic mass is 9.99. The van der Waals surface area contributed by atoms with Crippen molar-refractivity contribution in [2.75, 3.05) is 19.8 Å². The van der Waals surface area contributed by atoms with Crippen molar-refractivity contribution in [3.63, 3.8) is 0 Å². The van der Waals surface area contributed by atoms with Gasteiger partial charge in [0.25, 0.3) is 0 Å². The smallest absolute Gasteiger partial charge is 0.0614 e. The van der Waals surface area contributed by atoms with Crippen LogP contribution < -0.4 is 5.32 Å². The monoisotopic (exact) mass is 229 g/mol. The van der Waals surface area contributed by atoms with Gasteiger partial charge in [0.1, 0.15) is 0 Å². The second-order valence-corrected chi connectivity index (χ2v) is 5.39. The Bertz CT molecular complexity index is 196. The van der Waals surface area contributed by atoms with Crippen molar-refractivity contribution < 1.29 is 9.84 Å². The van der Waals surface area contributed by atoms with Crippen LogP contribution in [0.3, 0.4) is 0 Å². The largest absolute Gasteiger partial charge is 0.394 e. The highest BCUT2D eigenvalue weighted by Crippen LogP contribution is 2.31. The summed E-state index contributed by atoms with van der Waals surface area (Å²) < 4.78 is 5.87. The van der Waals surface area contributed by atoms with Gasteiger partial charge in [-0.05, 0) is 38.1 Å². The zero-order valence-electron chi connectivity index (χ0n) is 11.0. The van der Waals surface area contributed by atoms with Gasteiger partial charge >= 0.3 is 0 Å². The molecule has 1 aliphatic rings. The summed E-state index contributed by atoms with van der Waals surface area (Å²) in [6.45, 7) is 8.52. The number of aliphatic hydroxyl groups is 1. The molecule has 96 valence electrons. The molecule has 2 atom stereocenters. The molecular weight excluding hydrogens is 202 g/mol. The van der Waals surface area contributed by atoms with E-state index in [2.05, 4.69) is 26.1 Å². The van der Waals surface area contributed by atoms with Crippen molar-refractivity contribution in [2.24, 2.45) is 5.92 Å². The summed E-state index contributed by atoms with van der Waals surface area (Å²) in [5.74, 6) is 0.706. The third-order valence-electron chi connectivity index (χ3n) is 3.47. The van der Waals surface area contributed by atoms with E-state index in [1.54, 1.807) is 0 Å². The van der Waals surface area contributed by atoms with Gasteiger partial charge in [-0.15, -0.1) is 0 Å². The average Bonchev–Trinajstić information content (AvgIpc) is 2.63. The van der Waals surface area contributed by atoms with E-state index in [1.807, 2.05) is 0 Å². The first-order chi connectivity index (χ1) is 7.62. The van der Waals surface area contributed by atoms with E-state index in [0.29, 0.717) is 12.0 Å². The Labute approximate surface area is 99.6 Å². The molecule has 0 radical (unpaired) electrons. The van der Waals surface area contributed by atoms with Crippen LogP contribution in [0.25, 0.3) is 0 Å². The number of hydrogen-bond acceptors (Lipinski definition) is 3. The first kappa shape index (κ1) is 13.9. The van der Waals surface area contributed by atoms with Gasteiger partial charge in [-0.25, -0.2) is 0 Å². The summed E-state index contributed by atoms with van der Waals surface area (Å²) >= 11 is 0. The number of ether oxygens (including phenoxy) is 1. The van der Waals surface area contributed by atoms with E-state index in [0.717, 1.165) is 38.8 Å². The van der Waals surface area contributed by atoms with Crippen LogP contribution in [-0.2, 0) is 4.74 Å². The fourth-order valence-corrected chi connectivity index (χ4v) is 2.42. The Morgan fingerprint density at radius 3 is 2.81 bits per heavy atom. The summed E-state index contributed by atoms with van der Waals surface area (Å²) in [6.07, 6.45) is 4.53. The highest BCUT2D eigenvalue weighted by Gasteiger charge is 2.38. The van der Waals surface area contributed by atoms with Crippen LogP contribution in [0.15, 0.2) is 0 Å². The lowest BCUT2D eigenvalue weighted by Crippen LogP contribution is -2.46. The topological polar surface area (TPSA) is 41.5 Å². The SMILES string of the molecule is CCNC1(CO)CCC(OCCC(C)C)C1. The molecule has 16 heavy (non-hydrogen) atoms. The molecule has 0 aliphatic heterocycles. The fraction of sp³-hybridized carbons (Fsp3) is 1.00. The van der Waals surface area contributed by atoms with Gasteiger partial charge in [-0.2, -0.15) is 0 Å². The normalized spacial score (nSPS) is 30.2. The minimum atomic E-state index is -0.0722. The van der Waals surface area contributed by atoms with Gasteiger partial charge in [0, 0.05) is 12.1 Å². The van der Waals surface area contributed by atoms with Gasteiger partial charge in [0.15, 0.2) is 0 Å².